The van der Waals surface area contributed by atoms with Gasteiger partial charge in [-0.3, -0.25) is 10.1 Å². The fourth-order valence-electron chi connectivity index (χ4n) is 1.47. The summed E-state index contributed by atoms with van der Waals surface area (Å²) in [5, 5.41) is 11.0. The van der Waals surface area contributed by atoms with Crippen molar-refractivity contribution in [1.82, 2.24) is 4.98 Å². The molecule has 1 aromatic heterocycles. The maximum atomic E-state index is 11.0. The molecule has 0 aliphatic heterocycles. The number of ether oxygens (including phenoxy) is 2. The average molecular weight is 340 g/mol. The van der Waals surface area contributed by atoms with Gasteiger partial charge >= 0.3 is 5.69 Å². The Morgan fingerprint density at radius 2 is 2.15 bits per heavy atom. The second-order valence-electron chi connectivity index (χ2n) is 3.75. The third-order valence-electron chi connectivity index (χ3n) is 2.40. The number of halogens is 1. The normalized spacial score (nSPS) is 10.1. The fraction of sp³-hybridized carbons (Fsp3) is 0.0833. The van der Waals surface area contributed by atoms with Gasteiger partial charge in [-0.15, -0.1) is 0 Å². The van der Waals surface area contributed by atoms with Gasteiger partial charge in [-0.2, -0.15) is 0 Å². The van der Waals surface area contributed by atoms with Gasteiger partial charge in [-0.05, 0) is 34.1 Å². The van der Waals surface area contributed by atoms with E-state index in [1.807, 2.05) is 0 Å². The molecule has 104 valence electrons. The highest BCUT2D eigenvalue weighted by Crippen LogP contribution is 2.36. The van der Waals surface area contributed by atoms with E-state index < -0.39 is 4.92 Å². The van der Waals surface area contributed by atoms with E-state index in [0.29, 0.717) is 15.9 Å². The highest BCUT2D eigenvalue weighted by atomic mass is 79.9. The second-order valence-corrected chi connectivity index (χ2v) is 4.60. The Labute approximate surface area is 122 Å². The maximum Gasteiger partial charge on any atom is 0.315 e. The molecule has 0 radical (unpaired) electrons. The predicted molar refractivity (Wildman–Crippen MR) is 76.1 cm³/mol. The predicted octanol–water partition coefficient (Wildman–Crippen LogP) is 3.14. The molecule has 0 aliphatic carbocycles. The molecule has 0 unspecified atom stereocenters. The Morgan fingerprint density at radius 3 is 2.75 bits per heavy atom. The molecule has 2 rings (SSSR count). The molecule has 8 heteroatoms. The Bertz CT molecular complexity index is 663. The Balaban J connectivity index is 2.40. The van der Waals surface area contributed by atoms with Crippen LogP contribution in [0.3, 0.4) is 0 Å². The van der Waals surface area contributed by atoms with Crippen LogP contribution in [-0.4, -0.2) is 17.0 Å². The molecule has 0 spiro atoms. The fourth-order valence-corrected chi connectivity index (χ4v) is 1.92. The van der Waals surface area contributed by atoms with E-state index in [-0.39, 0.29) is 17.3 Å². The lowest BCUT2D eigenvalue weighted by molar-refractivity contribution is -0.385. The van der Waals surface area contributed by atoms with Crippen molar-refractivity contribution in [2.24, 2.45) is 0 Å². The Kier molecular flexibility index (Phi) is 4.04. The summed E-state index contributed by atoms with van der Waals surface area (Å²) in [6.45, 7) is 0. The zero-order valence-electron chi connectivity index (χ0n) is 10.4. The smallest absolute Gasteiger partial charge is 0.315 e. The lowest BCUT2D eigenvalue weighted by atomic mass is 10.3. The average Bonchev–Trinajstić information content (AvgIpc) is 2.42. The van der Waals surface area contributed by atoms with Gasteiger partial charge in [0.2, 0.25) is 11.6 Å². The molecule has 0 saturated heterocycles. The van der Waals surface area contributed by atoms with Crippen molar-refractivity contribution in [3.63, 3.8) is 0 Å². The van der Waals surface area contributed by atoms with Crippen molar-refractivity contribution in [3.8, 4) is 17.4 Å². The number of pyridine rings is 1. The topological polar surface area (TPSA) is 101 Å². The third kappa shape index (κ3) is 2.97. The summed E-state index contributed by atoms with van der Waals surface area (Å²) < 4.78 is 10.9. The summed E-state index contributed by atoms with van der Waals surface area (Å²) in [4.78, 5) is 14.5. The first-order valence-electron chi connectivity index (χ1n) is 5.42. The molecule has 20 heavy (non-hydrogen) atoms. The molecule has 0 saturated carbocycles. The second kappa shape index (κ2) is 5.74. The molecule has 0 amide bonds. The summed E-state index contributed by atoms with van der Waals surface area (Å²) >= 11 is 3.23. The van der Waals surface area contributed by atoms with E-state index in [0.717, 1.165) is 0 Å². The molecule has 2 N–H and O–H groups in total. The zero-order valence-corrected chi connectivity index (χ0v) is 12.0. The summed E-state index contributed by atoms with van der Waals surface area (Å²) in [5.74, 6) is 0.620. The SMILES string of the molecule is COc1ccc(Oc2ncc(N)cc2Br)c([N+](=O)[O-])c1. The van der Waals surface area contributed by atoms with E-state index in [9.17, 15) is 10.1 Å². The molecule has 7 nitrogen and oxygen atoms in total. The molecular formula is C12H10BrN3O4. The number of hydrogen-bond acceptors (Lipinski definition) is 6. The number of nitrogen functional groups attached to an aromatic ring is 1. The van der Waals surface area contributed by atoms with Gasteiger partial charge in [0.25, 0.3) is 0 Å². The van der Waals surface area contributed by atoms with Gasteiger partial charge in [-0.1, -0.05) is 0 Å². The molecule has 0 atom stereocenters. The summed E-state index contributed by atoms with van der Waals surface area (Å²) in [6, 6.07) is 5.88. The standard InChI is InChI=1S/C12H10BrN3O4/c1-19-8-2-3-11(10(5-8)16(17)18)20-12-9(13)4-7(14)6-15-12/h2-6H,14H2,1H3. The van der Waals surface area contributed by atoms with Crippen LogP contribution in [0.5, 0.6) is 17.4 Å². The van der Waals surface area contributed by atoms with E-state index >= 15 is 0 Å². The van der Waals surface area contributed by atoms with Crippen molar-refractivity contribution < 1.29 is 14.4 Å². The quantitative estimate of drug-likeness (QED) is 0.678. The molecular weight excluding hydrogens is 330 g/mol. The first kappa shape index (κ1) is 14.1. The van der Waals surface area contributed by atoms with Crippen LogP contribution in [-0.2, 0) is 0 Å². The van der Waals surface area contributed by atoms with E-state index in [1.54, 1.807) is 12.1 Å². The van der Waals surface area contributed by atoms with Crippen LogP contribution in [0.25, 0.3) is 0 Å². The summed E-state index contributed by atoms with van der Waals surface area (Å²) in [7, 11) is 1.43. The molecule has 1 aromatic carbocycles. The lowest BCUT2D eigenvalue weighted by Gasteiger charge is -2.08. The van der Waals surface area contributed by atoms with Gasteiger partial charge in [0.1, 0.15) is 5.75 Å². The number of anilines is 1. The van der Waals surface area contributed by atoms with Crippen molar-refractivity contribution in [1.29, 1.82) is 0 Å². The molecule has 0 aliphatic rings. The van der Waals surface area contributed by atoms with Crippen molar-refractivity contribution in [3.05, 3.63) is 45.0 Å². The van der Waals surface area contributed by atoms with Crippen molar-refractivity contribution in [2.75, 3.05) is 12.8 Å². The minimum atomic E-state index is -0.553. The van der Waals surface area contributed by atoms with Gasteiger partial charge in [-0.25, -0.2) is 4.98 Å². The third-order valence-corrected chi connectivity index (χ3v) is 2.97. The largest absolute Gasteiger partial charge is 0.496 e. The summed E-state index contributed by atoms with van der Waals surface area (Å²) in [6.07, 6.45) is 1.40. The number of methoxy groups -OCH3 is 1. The maximum absolute atomic E-state index is 11.0. The Morgan fingerprint density at radius 1 is 1.40 bits per heavy atom. The van der Waals surface area contributed by atoms with E-state index in [1.165, 1.54) is 25.4 Å². The zero-order chi connectivity index (χ0) is 14.7. The highest BCUT2D eigenvalue weighted by molar-refractivity contribution is 9.10. The number of aromatic nitrogens is 1. The molecule has 2 aromatic rings. The van der Waals surface area contributed by atoms with Gasteiger partial charge in [0, 0.05) is 0 Å². The highest BCUT2D eigenvalue weighted by Gasteiger charge is 2.18. The van der Waals surface area contributed by atoms with Gasteiger partial charge < -0.3 is 15.2 Å². The number of nitrogens with zero attached hydrogens (tertiary/aromatic N) is 2. The molecule has 0 fully saturated rings. The van der Waals surface area contributed by atoms with Crippen molar-refractivity contribution >= 4 is 27.3 Å². The summed E-state index contributed by atoms with van der Waals surface area (Å²) in [5.41, 5.74) is 5.80. The van der Waals surface area contributed by atoms with E-state index in [4.69, 9.17) is 15.2 Å². The molecule has 0 bridgehead atoms. The first-order valence-corrected chi connectivity index (χ1v) is 6.22. The lowest BCUT2D eigenvalue weighted by Crippen LogP contribution is -1.97. The van der Waals surface area contributed by atoms with Crippen LogP contribution in [0.15, 0.2) is 34.9 Å². The Hall–Kier alpha value is -2.35. The van der Waals surface area contributed by atoms with Crippen LogP contribution >= 0.6 is 15.9 Å². The van der Waals surface area contributed by atoms with E-state index in [2.05, 4.69) is 20.9 Å². The monoisotopic (exact) mass is 339 g/mol. The van der Waals surface area contributed by atoms with Crippen LogP contribution in [0.1, 0.15) is 0 Å². The van der Waals surface area contributed by atoms with Crippen molar-refractivity contribution in [2.45, 2.75) is 0 Å². The van der Waals surface area contributed by atoms with Gasteiger partial charge in [0.15, 0.2) is 0 Å². The van der Waals surface area contributed by atoms with Crippen LogP contribution < -0.4 is 15.2 Å². The van der Waals surface area contributed by atoms with Crippen LogP contribution in [0.4, 0.5) is 11.4 Å². The van der Waals surface area contributed by atoms with Gasteiger partial charge in [0.05, 0.1) is 34.5 Å². The van der Waals surface area contributed by atoms with Crippen LogP contribution in [0.2, 0.25) is 0 Å². The number of rotatable bonds is 4. The molecule has 1 heterocycles. The van der Waals surface area contributed by atoms with Crippen LogP contribution in [0, 0.1) is 10.1 Å². The minimum Gasteiger partial charge on any atom is -0.496 e. The number of nitro groups is 1. The number of nitro benzene ring substituents is 1. The minimum absolute atomic E-state index is 0.0637. The number of hydrogen-bond donors (Lipinski definition) is 1. The number of nitrogens with two attached hydrogens (primary N) is 1. The number of benzene rings is 1. The first-order chi connectivity index (χ1) is 9.51.